The molecular formula is C6H12O2. The van der Waals surface area contributed by atoms with Crippen molar-refractivity contribution in [1.29, 1.82) is 0 Å². The van der Waals surface area contributed by atoms with Crippen molar-refractivity contribution in [2.24, 2.45) is 0 Å². The Labute approximate surface area is 50.2 Å². The molecule has 2 radical (unpaired) electrons. The van der Waals surface area contributed by atoms with Crippen LogP contribution in [0.4, 0.5) is 0 Å². The van der Waals surface area contributed by atoms with Crippen LogP contribution in [-0.2, 0) is 0 Å². The van der Waals surface area contributed by atoms with Gasteiger partial charge in [-0.25, -0.2) is 0 Å². The topological polar surface area (TPSA) is 40.5 Å². The fourth-order valence-corrected chi connectivity index (χ4v) is 0.471. The van der Waals surface area contributed by atoms with E-state index < -0.39 is 0 Å². The number of hydrogen-bond donors (Lipinski definition) is 2. The Morgan fingerprint density at radius 1 is 0.875 bits per heavy atom. The molecule has 0 saturated carbocycles. The van der Waals surface area contributed by atoms with E-state index in [1.165, 1.54) is 0 Å². The number of rotatable bonds is 5. The van der Waals surface area contributed by atoms with Crippen molar-refractivity contribution >= 4 is 0 Å². The lowest BCUT2D eigenvalue weighted by molar-refractivity contribution is 0.351. The molecule has 0 aromatic rings. The van der Waals surface area contributed by atoms with Crippen LogP contribution < -0.4 is 0 Å². The molecule has 0 aliphatic heterocycles. The average molecular weight is 116 g/mol. The number of hydrogen-bond acceptors (Lipinski definition) is 2. The molecule has 48 valence electrons. The second-order valence-electron chi connectivity index (χ2n) is 1.65. The first-order valence-electron chi connectivity index (χ1n) is 2.83. The van der Waals surface area contributed by atoms with E-state index in [4.69, 9.17) is 10.2 Å². The van der Waals surface area contributed by atoms with E-state index in [9.17, 15) is 0 Å². The maximum atomic E-state index is 8.17. The summed E-state index contributed by atoms with van der Waals surface area (Å²) >= 11 is 0. The van der Waals surface area contributed by atoms with Crippen LogP contribution in [0.15, 0.2) is 0 Å². The molecule has 0 spiro atoms. The fraction of sp³-hybridized carbons (Fsp3) is 0.667. The molecule has 0 aliphatic rings. The van der Waals surface area contributed by atoms with Gasteiger partial charge in [-0.05, 0) is 12.8 Å². The minimum absolute atomic E-state index is 0.730. The van der Waals surface area contributed by atoms with Crippen LogP contribution in [0, 0.1) is 13.2 Å². The monoisotopic (exact) mass is 116 g/mol. The van der Waals surface area contributed by atoms with E-state index in [0.717, 1.165) is 38.9 Å². The summed E-state index contributed by atoms with van der Waals surface area (Å²) in [5.74, 6) is 0. The molecule has 0 unspecified atom stereocenters. The molecule has 8 heavy (non-hydrogen) atoms. The zero-order valence-corrected chi connectivity index (χ0v) is 4.88. The third kappa shape index (κ3) is 5.92. The Morgan fingerprint density at radius 2 is 1.25 bits per heavy atom. The third-order valence-corrected chi connectivity index (χ3v) is 0.916. The average Bonchev–Trinajstić information content (AvgIpc) is 1.81. The molecule has 0 aromatic carbocycles. The van der Waals surface area contributed by atoms with E-state index in [1.54, 1.807) is 0 Å². The summed E-state index contributed by atoms with van der Waals surface area (Å²) in [5.41, 5.74) is 0. The van der Waals surface area contributed by atoms with Gasteiger partial charge in [0.15, 0.2) is 0 Å². The lowest BCUT2D eigenvalue weighted by atomic mass is 10.2. The van der Waals surface area contributed by atoms with Crippen molar-refractivity contribution in [1.82, 2.24) is 0 Å². The molecular weight excluding hydrogens is 104 g/mol. The smallest absolute Gasteiger partial charge is 0.0799 e. The molecule has 0 bridgehead atoms. The van der Waals surface area contributed by atoms with Crippen LogP contribution in [0.25, 0.3) is 0 Å². The Kier molecular flexibility index (Phi) is 6.85. The maximum Gasteiger partial charge on any atom is 0.0799 e. The molecule has 0 aromatic heterocycles. The first-order valence-corrected chi connectivity index (χ1v) is 2.83. The molecule has 2 N–H and O–H groups in total. The highest BCUT2D eigenvalue weighted by molar-refractivity contribution is 4.51. The second kappa shape index (κ2) is 6.92. The summed E-state index contributed by atoms with van der Waals surface area (Å²) in [5, 5.41) is 16.3. The van der Waals surface area contributed by atoms with Gasteiger partial charge in [-0.3, -0.25) is 0 Å². The van der Waals surface area contributed by atoms with Gasteiger partial charge in [-0.2, -0.15) is 0 Å². The highest BCUT2D eigenvalue weighted by atomic mass is 16.3. The number of unbranched alkanes of at least 4 members (excludes halogenated alkanes) is 3. The van der Waals surface area contributed by atoms with Gasteiger partial charge in [0.05, 0.1) is 13.2 Å². The van der Waals surface area contributed by atoms with Gasteiger partial charge in [-0.15, -0.1) is 0 Å². The van der Waals surface area contributed by atoms with Crippen molar-refractivity contribution in [3.05, 3.63) is 13.2 Å². The lowest BCUT2D eigenvalue weighted by Gasteiger charge is -1.92. The molecule has 0 fully saturated rings. The SMILES string of the molecule is O[CH]CCCC[CH]O. The molecule has 0 amide bonds. The molecule has 0 rings (SSSR count). The molecule has 2 heteroatoms. The Hall–Kier alpha value is -0.0800. The van der Waals surface area contributed by atoms with Gasteiger partial charge in [0, 0.05) is 0 Å². The lowest BCUT2D eigenvalue weighted by Crippen LogP contribution is -1.78. The minimum atomic E-state index is 0.730. The quantitative estimate of drug-likeness (QED) is 0.536. The maximum absolute atomic E-state index is 8.17. The summed E-state index contributed by atoms with van der Waals surface area (Å²) in [6.45, 7) is 2.30. The fourth-order valence-electron chi connectivity index (χ4n) is 0.471. The van der Waals surface area contributed by atoms with Gasteiger partial charge < -0.3 is 10.2 Å². The van der Waals surface area contributed by atoms with Crippen LogP contribution >= 0.6 is 0 Å². The second-order valence-corrected chi connectivity index (χ2v) is 1.65. The summed E-state index contributed by atoms with van der Waals surface area (Å²) in [7, 11) is 0. The summed E-state index contributed by atoms with van der Waals surface area (Å²) in [6, 6.07) is 0. The van der Waals surface area contributed by atoms with Gasteiger partial charge >= 0.3 is 0 Å². The van der Waals surface area contributed by atoms with Crippen LogP contribution in [0.3, 0.4) is 0 Å². The van der Waals surface area contributed by atoms with Crippen LogP contribution in [0.5, 0.6) is 0 Å². The molecule has 0 aliphatic carbocycles. The first kappa shape index (κ1) is 7.92. The zero-order valence-electron chi connectivity index (χ0n) is 4.88. The van der Waals surface area contributed by atoms with Gasteiger partial charge in [0.25, 0.3) is 0 Å². The number of aliphatic hydroxyl groups excluding tert-OH is 2. The van der Waals surface area contributed by atoms with Crippen molar-refractivity contribution in [3.63, 3.8) is 0 Å². The van der Waals surface area contributed by atoms with Crippen LogP contribution in [0.2, 0.25) is 0 Å². The summed E-state index contributed by atoms with van der Waals surface area (Å²) in [4.78, 5) is 0. The van der Waals surface area contributed by atoms with Gasteiger partial charge in [0.1, 0.15) is 0 Å². The third-order valence-electron chi connectivity index (χ3n) is 0.916. The predicted molar refractivity (Wildman–Crippen MR) is 30.9 cm³/mol. The Morgan fingerprint density at radius 3 is 1.50 bits per heavy atom. The van der Waals surface area contributed by atoms with Crippen LogP contribution in [0.1, 0.15) is 25.7 Å². The highest BCUT2D eigenvalue weighted by Crippen LogP contribution is 2.00. The summed E-state index contributed by atoms with van der Waals surface area (Å²) < 4.78 is 0. The van der Waals surface area contributed by atoms with Gasteiger partial charge in [-0.1, -0.05) is 12.8 Å². The molecule has 0 heterocycles. The molecule has 0 saturated heterocycles. The highest BCUT2D eigenvalue weighted by Gasteiger charge is 1.85. The van der Waals surface area contributed by atoms with Crippen LogP contribution in [-0.4, -0.2) is 10.2 Å². The minimum Gasteiger partial charge on any atom is -0.390 e. The standard InChI is InChI=1S/C6H12O2/c7-5-3-1-2-4-6-8/h5-8H,1-4H2. The largest absolute Gasteiger partial charge is 0.390 e. The van der Waals surface area contributed by atoms with Crippen molar-refractivity contribution in [3.8, 4) is 0 Å². The predicted octanol–water partition coefficient (Wildman–Crippen LogP) is 1.62. The molecule has 2 nitrogen and oxygen atoms in total. The van der Waals surface area contributed by atoms with Crippen molar-refractivity contribution < 1.29 is 10.2 Å². The zero-order chi connectivity index (χ0) is 6.24. The molecule has 0 atom stereocenters. The van der Waals surface area contributed by atoms with Crippen molar-refractivity contribution in [2.75, 3.05) is 0 Å². The first-order chi connectivity index (χ1) is 3.91. The Balaban J connectivity index is 2.53. The van der Waals surface area contributed by atoms with E-state index in [2.05, 4.69) is 0 Å². The Bertz CT molecular complexity index is 31.5. The normalized spacial score (nSPS) is 9.75. The van der Waals surface area contributed by atoms with Crippen molar-refractivity contribution in [2.45, 2.75) is 25.7 Å². The van der Waals surface area contributed by atoms with E-state index in [0.29, 0.717) is 0 Å². The number of aliphatic hydroxyl groups is 2. The van der Waals surface area contributed by atoms with E-state index in [-0.39, 0.29) is 0 Å². The summed E-state index contributed by atoms with van der Waals surface area (Å²) in [6.07, 6.45) is 3.36. The van der Waals surface area contributed by atoms with E-state index >= 15 is 0 Å². The van der Waals surface area contributed by atoms with E-state index in [1.807, 2.05) is 0 Å². The van der Waals surface area contributed by atoms with Gasteiger partial charge in [0.2, 0.25) is 0 Å².